The second kappa shape index (κ2) is 4.54. The van der Waals surface area contributed by atoms with E-state index in [0.717, 1.165) is 0 Å². The number of ketones is 2. The molecular weight excluding hydrogens is 164 g/mol. The van der Waals surface area contributed by atoms with Gasteiger partial charge in [0.15, 0.2) is 0 Å². The zero-order chi connectivity index (χ0) is 10.6. The molecular formula is C11H20O2. The van der Waals surface area contributed by atoms with Crippen LogP contribution in [0.4, 0.5) is 0 Å². The van der Waals surface area contributed by atoms with Gasteiger partial charge in [-0.3, -0.25) is 4.79 Å². The van der Waals surface area contributed by atoms with Crippen molar-refractivity contribution in [2.45, 2.75) is 47.5 Å². The van der Waals surface area contributed by atoms with Crippen LogP contribution in [0.1, 0.15) is 47.5 Å². The summed E-state index contributed by atoms with van der Waals surface area (Å²) < 4.78 is 0. The first-order valence-corrected chi connectivity index (χ1v) is 4.77. The molecule has 0 aromatic carbocycles. The smallest absolute Gasteiger partial charge is 0.135 e. The van der Waals surface area contributed by atoms with E-state index in [-0.39, 0.29) is 22.9 Å². The predicted octanol–water partition coefficient (Wildman–Crippen LogP) is 2.61. The summed E-state index contributed by atoms with van der Waals surface area (Å²) in [7, 11) is 0. The van der Waals surface area contributed by atoms with E-state index in [4.69, 9.17) is 0 Å². The van der Waals surface area contributed by atoms with Crippen molar-refractivity contribution in [3.8, 4) is 0 Å². The summed E-state index contributed by atoms with van der Waals surface area (Å²) in [5.74, 6) is 0.471. The van der Waals surface area contributed by atoms with Crippen LogP contribution in [0, 0.1) is 11.3 Å². The van der Waals surface area contributed by atoms with Gasteiger partial charge in [-0.2, -0.15) is 0 Å². The molecule has 2 heteroatoms. The maximum atomic E-state index is 11.4. The summed E-state index contributed by atoms with van der Waals surface area (Å²) in [6.07, 6.45) is 0.996. The Morgan fingerprint density at radius 2 is 1.62 bits per heavy atom. The van der Waals surface area contributed by atoms with Crippen molar-refractivity contribution in [3.63, 3.8) is 0 Å². The van der Waals surface area contributed by atoms with Gasteiger partial charge in [0, 0.05) is 18.8 Å². The highest BCUT2D eigenvalue weighted by Gasteiger charge is 2.24. The molecule has 0 atom stereocenters. The fraction of sp³-hybridized carbons (Fsp3) is 0.818. The number of carbonyl (C=O) groups is 2. The topological polar surface area (TPSA) is 34.1 Å². The Kier molecular flexibility index (Phi) is 4.31. The first-order valence-electron chi connectivity index (χ1n) is 4.77. The number of rotatable bonds is 5. The van der Waals surface area contributed by atoms with E-state index >= 15 is 0 Å². The molecule has 0 radical (unpaired) electrons. The molecule has 0 aromatic heterocycles. The fourth-order valence-electron chi connectivity index (χ4n) is 1.41. The van der Waals surface area contributed by atoms with Crippen LogP contribution in [0.2, 0.25) is 0 Å². The highest BCUT2D eigenvalue weighted by molar-refractivity contribution is 5.82. The highest BCUT2D eigenvalue weighted by Crippen LogP contribution is 2.26. The quantitative estimate of drug-likeness (QED) is 0.658. The molecule has 0 heterocycles. The van der Waals surface area contributed by atoms with Crippen molar-refractivity contribution >= 4 is 11.6 Å². The van der Waals surface area contributed by atoms with E-state index < -0.39 is 0 Å². The molecule has 13 heavy (non-hydrogen) atoms. The van der Waals surface area contributed by atoms with Gasteiger partial charge in [-0.15, -0.1) is 0 Å². The van der Waals surface area contributed by atoms with Crippen LogP contribution < -0.4 is 0 Å². The van der Waals surface area contributed by atoms with Crippen molar-refractivity contribution in [3.05, 3.63) is 0 Å². The zero-order valence-electron chi connectivity index (χ0n) is 9.31. The third-order valence-electron chi connectivity index (χ3n) is 2.02. The van der Waals surface area contributed by atoms with Gasteiger partial charge in [0.25, 0.3) is 0 Å². The van der Waals surface area contributed by atoms with Crippen LogP contribution in [-0.4, -0.2) is 11.6 Å². The first-order chi connectivity index (χ1) is 5.74. The van der Waals surface area contributed by atoms with Crippen LogP contribution in [0.15, 0.2) is 0 Å². The van der Waals surface area contributed by atoms with Gasteiger partial charge in [0.1, 0.15) is 11.6 Å². The summed E-state index contributed by atoms with van der Waals surface area (Å²) in [6, 6.07) is 0. The fourth-order valence-corrected chi connectivity index (χ4v) is 1.41. The SMILES string of the molecule is CC(=O)CC(C)(C)CC(=O)C(C)C. The van der Waals surface area contributed by atoms with Crippen molar-refractivity contribution in [2.75, 3.05) is 0 Å². The number of hydrogen-bond acceptors (Lipinski definition) is 2. The molecule has 0 aliphatic heterocycles. The molecule has 0 aliphatic carbocycles. The lowest BCUT2D eigenvalue weighted by molar-refractivity contribution is -0.125. The molecule has 0 saturated heterocycles. The van der Waals surface area contributed by atoms with E-state index in [2.05, 4.69) is 0 Å². The Labute approximate surface area is 80.7 Å². The molecule has 0 rings (SSSR count). The molecule has 0 amide bonds. The molecule has 2 nitrogen and oxygen atoms in total. The number of Topliss-reactive ketones (excluding diaryl/α,β-unsaturated/α-hetero) is 2. The molecule has 0 aliphatic rings. The largest absolute Gasteiger partial charge is 0.300 e. The van der Waals surface area contributed by atoms with Gasteiger partial charge in [0.05, 0.1) is 0 Å². The van der Waals surface area contributed by atoms with Gasteiger partial charge in [0.2, 0.25) is 0 Å². The van der Waals surface area contributed by atoms with E-state index in [1.165, 1.54) is 0 Å². The van der Waals surface area contributed by atoms with Crippen molar-refractivity contribution in [1.29, 1.82) is 0 Å². The standard InChI is InChI=1S/C11H20O2/c1-8(2)10(13)7-11(4,5)6-9(3)12/h8H,6-7H2,1-5H3. The third kappa shape index (κ3) is 5.56. The Morgan fingerprint density at radius 1 is 1.15 bits per heavy atom. The van der Waals surface area contributed by atoms with Crippen LogP contribution in [-0.2, 0) is 9.59 Å². The van der Waals surface area contributed by atoms with Gasteiger partial charge in [-0.05, 0) is 12.3 Å². The molecule has 0 N–H and O–H groups in total. The summed E-state index contributed by atoms with van der Waals surface area (Å²) in [5.41, 5.74) is -0.173. The lowest BCUT2D eigenvalue weighted by Crippen LogP contribution is -2.22. The monoisotopic (exact) mass is 184 g/mol. The van der Waals surface area contributed by atoms with Crippen LogP contribution in [0.25, 0.3) is 0 Å². The van der Waals surface area contributed by atoms with E-state index in [1.54, 1.807) is 6.92 Å². The van der Waals surface area contributed by atoms with E-state index in [1.807, 2.05) is 27.7 Å². The summed E-state index contributed by atoms with van der Waals surface area (Å²) in [6.45, 7) is 9.29. The van der Waals surface area contributed by atoms with Crippen molar-refractivity contribution < 1.29 is 9.59 Å². The predicted molar refractivity (Wildman–Crippen MR) is 53.5 cm³/mol. The third-order valence-corrected chi connectivity index (χ3v) is 2.02. The zero-order valence-corrected chi connectivity index (χ0v) is 9.31. The van der Waals surface area contributed by atoms with E-state index in [9.17, 15) is 9.59 Å². The molecule has 0 spiro atoms. The van der Waals surface area contributed by atoms with Crippen molar-refractivity contribution in [1.82, 2.24) is 0 Å². The number of hydrogen-bond donors (Lipinski definition) is 0. The summed E-state index contributed by atoms with van der Waals surface area (Å²) in [4.78, 5) is 22.3. The maximum absolute atomic E-state index is 11.4. The maximum Gasteiger partial charge on any atom is 0.135 e. The summed E-state index contributed by atoms with van der Waals surface area (Å²) >= 11 is 0. The van der Waals surface area contributed by atoms with E-state index in [0.29, 0.717) is 12.8 Å². The molecule has 0 unspecified atom stereocenters. The lowest BCUT2D eigenvalue weighted by atomic mass is 9.81. The Balaban J connectivity index is 4.16. The minimum Gasteiger partial charge on any atom is -0.300 e. The van der Waals surface area contributed by atoms with Crippen LogP contribution >= 0.6 is 0 Å². The minimum absolute atomic E-state index is 0.0752. The lowest BCUT2D eigenvalue weighted by Gasteiger charge is -2.23. The second-order valence-corrected chi connectivity index (χ2v) is 4.84. The molecule has 0 saturated carbocycles. The molecule has 76 valence electrons. The first kappa shape index (κ1) is 12.3. The van der Waals surface area contributed by atoms with Gasteiger partial charge in [-0.1, -0.05) is 27.7 Å². The Bertz CT molecular complexity index is 202. The summed E-state index contributed by atoms with van der Waals surface area (Å²) in [5, 5.41) is 0. The van der Waals surface area contributed by atoms with Gasteiger partial charge < -0.3 is 4.79 Å². The molecule has 0 fully saturated rings. The average Bonchev–Trinajstić information content (AvgIpc) is 1.81. The number of carbonyl (C=O) groups excluding carboxylic acids is 2. The average molecular weight is 184 g/mol. The van der Waals surface area contributed by atoms with Crippen molar-refractivity contribution in [2.24, 2.45) is 11.3 Å². The molecule has 0 aromatic rings. The van der Waals surface area contributed by atoms with Gasteiger partial charge >= 0.3 is 0 Å². The minimum atomic E-state index is -0.173. The Hall–Kier alpha value is -0.660. The van der Waals surface area contributed by atoms with Crippen LogP contribution in [0.3, 0.4) is 0 Å². The Morgan fingerprint density at radius 3 is 1.92 bits per heavy atom. The highest BCUT2D eigenvalue weighted by atomic mass is 16.1. The molecule has 0 bridgehead atoms. The van der Waals surface area contributed by atoms with Crippen LogP contribution in [0.5, 0.6) is 0 Å². The second-order valence-electron chi connectivity index (χ2n) is 4.84. The normalized spacial score (nSPS) is 11.8. The van der Waals surface area contributed by atoms with Gasteiger partial charge in [-0.25, -0.2) is 0 Å².